The van der Waals surface area contributed by atoms with E-state index in [0.29, 0.717) is 19.6 Å². The van der Waals surface area contributed by atoms with E-state index in [1.165, 1.54) is 11.1 Å². The molecular weight excluding hydrogens is 342 g/mol. The van der Waals surface area contributed by atoms with E-state index in [4.69, 9.17) is 5.11 Å². The third-order valence-electron chi connectivity index (χ3n) is 4.79. The van der Waals surface area contributed by atoms with Crippen LogP contribution in [-0.2, 0) is 13.1 Å². The highest BCUT2D eigenvalue weighted by atomic mass is 16.4. The molecule has 0 saturated carbocycles. The van der Waals surface area contributed by atoms with Crippen molar-refractivity contribution in [3.8, 4) is 0 Å². The van der Waals surface area contributed by atoms with Crippen molar-refractivity contribution in [1.82, 2.24) is 15.1 Å². The monoisotopic (exact) mass is 367 g/mol. The first-order valence-corrected chi connectivity index (χ1v) is 9.14. The number of hydrogen-bond acceptors (Lipinski definition) is 3. The SMILES string of the molecule is Cc1cccc(CN2CCN(C(=O)NCc3ccc(C(=O)O)cc3)CC2)c1. The number of aryl methyl sites for hydroxylation is 1. The van der Waals surface area contributed by atoms with Gasteiger partial charge in [-0.25, -0.2) is 9.59 Å². The number of carboxylic acids is 1. The van der Waals surface area contributed by atoms with Crippen LogP contribution in [0.15, 0.2) is 48.5 Å². The average molecular weight is 367 g/mol. The van der Waals surface area contributed by atoms with Crippen LogP contribution in [0, 0.1) is 6.92 Å². The lowest BCUT2D eigenvalue weighted by molar-refractivity contribution is 0.0697. The van der Waals surface area contributed by atoms with Crippen LogP contribution in [0.2, 0.25) is 0 Å². The number of carboxylic acid groups (broad SMARTS) is 1. The smallest absolute Gasteiger partial charge is 0.335 e. The summed E-state index contributed by atoms with van der Waals surface area (Å²) in [5.74, 6) is -0.950. The summed E-state index contributed by atoms with van der Waals surface area (Å²) in [7, 11) is 0. The average Bonchev–Trinajstić information content (AvgIpc) is 2.67. The quantitative estimate of drug-likeness (QED) is 0.852. The molecule has 6 nitrogen and oxygen atoms in total. The second-order valence-corrected chi connectivity index (χ2v) is 6.91. The van der Waals surface area contributed by atoms with E-state index < -0.39 is 5.97 Å². The van der Waals surface area contributed by atoms with Gasteiger partial charge in [-0.3, -0.25) is 4.90 Å². The molecule has 0 aliphatic carbocycles. The number of aromatic carboxylic acids is 1. The van der Waals surface area contributed by atoms with E-state index in [2.05, 4.69) is 41.4 Å². The molecule has 0 unspecified atom stereocenters. The van der Waals surface area contributed by atoms with Gasteiger partial charge in [-0.1, -0.05) is 42.0 Å². The maximum atomic E-state index is 12.4. The Kier molecular flexibility index (Phi) is 6.08. The molecule has 0 aromatic heterocycles. The molecule has 27 heavy (non-hydrogen) atoms. The van der Waals surface area contributed by atoms with E-state index >= 15 is 0 Å². The van der Waals surface area contributed by atoms with Crippen molar-refractivity contribution in [3.05, 3.63) is 70.8 Å². The molecule has 2 aromatic carbocycles. The molecule has 0 spiro atoms. The molecule has 0 radical (unpaired) electrons. The number of urea groups is 1. The summed E-state index contributed by atoms with van der Waals surface area (Å²) < 4.78 is 0. The van der Waals surface area contributed by atoms with Crippen molar-refractivity contribution in [2.45, 2.75) is 20.0 Å². The Bertz CT molecular complexity index is 797. The van der Waals surface area contributed by atoms with Crippen LogP contribution in [0.25, 0.3) is 0 Å². The van der Waals surface area contributed by atoms with Crippen LogP contribution >= 0.6 is 0 Å². The summed E-state index contributed by atoms with van der Waals surface area (Å²) in [5.41, 5.74) is 3.70. The predicted octanol–water partition coefficient (Wildman–Crippen LogP) is 2.72. The van der Waals surface area contributed by atoms with Gasteiger partial charge in [0.05, 0.1) is 5.56 Å². The zero-order valence-corrected chi connectivity index (χ0v) is 15.5. The van der Waals surface area contributed by atoms with Gasteiger partial charge in [0, 0.05) is 39.3 Å². The van der Waals surface area contributed by atoms with Crippen molar-refractivity contribution in [2.24, 2.45) is 0 Å². The standard InChI is InChI=1S/C21H25N3O3/c1-16-3-2-4-18(13-16)15-23-9-11-24(12-10-23)21(27)22-14-17-5-7-19(8-6-17)20(25)26/h2-8,13H,9-12,14-15H2,1H3,(H,22,27)(H,25,26). The van der Waals surface area contributed by atoms with Crippen LogP contribution < -0.4 is 5.32 Å². The molecule has 1 aliphatic heterocycles. The topological polar surface area (TPSA) is 72.9 Å². The maximum absolute atomic E-state index is 12.4. The van der Waals surface area contributed by atoms with Gasteiger partial charge >= 0.3 is 12.0 Å². The highest BCUT2D eigenvalue weighted by molar-refractivity contribution is 5.87. The summed E-state index contributed by atoms with van der Waals surface area (Å²) in [5, 5.41) is 11.8. The molecule has 1 aliphatic rings. The van der Waals surface area contributed by atoms with Crippen molar-refractivity contribution in [2.75, 3.05) is 26.2 Å². The minimum absolute atomic E-state index is 0.0764. The van der Waals surface area contributed by atoms with Gasteiger partial charge in [-0.2, -0.15) is 0 Å². The molecule has 2 N–H and O–H groups in total. The number of nitrogens with one attached hydrogen (secondary N) is 1. The maximum Gasteiger partial charge on any atom is 0.335 e. The molecule has 142 valence electrons. The lowest BCUT2D eigenvalue weighted by Gasteiger charge is -2.34. The fourth-order valence-electron chi connectivity index (χ4n) is 3.23. The van der Waals surface area contributed by atoms with Gasteiger partial charge in [-0.15, -0.1) is 0 Å². The van der Waals surface area contributed by atoms with Crippen molar-refractivity contribution in [3.63, 3.8) is 0 Å². The van der Waals surface area contributed by atoms with E-state index in [0.717, 1.165) is 25.2 Å². The van der Waals surface area contributed by atoms with Crippen molar-refractivity contribution >= 4 is 12.0 Å². The lowest BCUT2D eigenvalue weighted by Crippen LogP contribution is -2.51. The molecule has 1 saturated heterocycles. The Morgan fingerprint density at radius 2 is 1.70 bits per heavy atom. The van der Waals surface area contributed by atoms with Crippen LogP contribution in [0.5, 0.6) is 0 Å². The van der Waals surface area contributed by atoms with Gasteiger partial charge in [0.1, 0.15) is 0 Å². The zero-order chi connectivity index (χ0) is 19.2. The summed E-state index contributed by atoms with van der Waals surface area (Å²) in [6, 6.07) is 15.0. The fourth-order valence-corrected chi connectivity index (χ4v) is 3.23. The molecule has 2 aromatic rings. The number of hydrogen-bond donors (Lipinski definition) is 2. The summed E-state index contributed by atoms with van der Waals surface area (Å²) in [6.45, 7) is 6.52. The van der Waals surface area contributed by atoms with Gasteiger partial charge in [0.15, 0.2) is 0 Å². The fraction of sp³-hybridized carbons (Fsp3) is 0.333. The molecule has 1 fully saturated rings. The first kappa shape index (κ1) is 18.9. The van der Waals surface area contributed by atoms with E-state index in [9.17, 15) is 9.59 Å². The summed E-state index contributed by atoms with van der Waals surface area (Å²) >= 11 is 0. The Balaban J connectivity index is 1.43. The number of benzene rings is 2. The Morgan fingerprint density at radius 3 is 2.33 bits per heavy atom. The van der Waals surface area contributed by atoms with Crippen LogP contribution in [-0.4, -0.2) is 53.1 Å². The number of nitrogens with zero attached hydrogens (tertiary/aromatic N) is 2. The summed E-state index contributed by atoms with van der Waals surface area (Å²) in [6.07, 6.45) is 0. The predicted molar refractivity (Wildman–Crippen MR) is 104 cm³/mol. The minimum atomic E-state index is -0.950. The summed E-state index contributed by atoms with van der Waals surface area (Å²) in [4.78, 5) is 27.4. The van der Waals surface area contributed by atoms with Crippen LogP contribution in [0.4, 0.5) is 4.79 Å². The van der Waals surface area contributed by atoms with Gasteiger partial charge in [0.25, 0.3) is 0 Å². The number of amides is 2. The molecule has 3 rings (SSSR count). The normalized spacial score (nSPS) is 14.8. The van der Waals surface area contributed by atoms with E-state index in [1.54, 1.807) is 24.3 Å². The highest BCUT2D eigenvalue weighted by Crippen LogP contribution is 2.11. The van der Waals surface area contributed by atoms with Gasteiger partial charge in [0.2, 0.25) is 0 Å². The molecule has 0 atom stereocenters. The van der Waals surface area contributed by atoms with E-state index in [1.807, 2.05) is 4.90 Å². The Morgan fingerprint density at radius 1 is 1.00 bits per heavy atom. The molecule has 0 bridgehead atoms. The second-order valence-electron chi connectivity index (χ2n) is 6.91. The molecular formula is C21H25N3O3. The van der Waals surface area contributed by atoms with Crippen molar-refractivity contribution < 1.29 is 14.7 Å². The third-order valence-corrected chi connectivity index (χ3v) is 4.79. The third kappa shape index (κ3) is 5.31. The van der Waals surface area contributed by atoms with E-state index in [-0.39, 0.29) is 11.6 Å². The van der Waals surface area contributed by atoms with Gasteiger partial charge in [-0.05, 0) is 30.2 Å². The molecule has 1 heterocycles. The van der Waals surface area contributed by atoms with Crippen LogP contribution in [0.1, 0.15) is 27.0 Å². The van der Waals surface area contributed by atoms with Gasteiger partial charge < -0.3 is 15.3 Å². The second kappa shape index (κ2) is 8.68. The Hall–Kier alpha value is -2.86. The first-order chi connectivity index (χ1) is 13.0. The zero-order valence-electron chi connectivity index (χ0n) is 15.5. The highest BCUT2D eigenvalue weighted by Gasteiger charge is 2.20. The lowest BCUT2D eigenvalue weighted by atomic mass is 10.1. The molecule has 2 amide bonds. The number of rotatable bonds is 5. The van der Waals surface area contributed by atoms with Crippen LogP contribution in [0.3, 0.4) is 0 Å². The number of carbonyl (C=O) groups is 2. The largest absolute Gasteiger partial charge is 0.478 e. The minimum Gasteiger partial charge on any atom is -0.478 e. The number of piperazine rings is 1. The van der Waals surface area contributed by atoms with Crippen molar-refractivity contribution in [1.29, 1.82) is 0 Å². The first-order valence-electron chi connectivity index (χ1n) is 9.14. The molecule has 6 heteroatoms. The number of carbonyl (C=O) groups excluding carboxylic acids is 1. The Labute approximate surface area is 159 Å².